The van der Waals surface area contributed by atoms with Crippen molar-refractivity contribution >= 4 is 28.7 Å². The number of ether oxygens (including phenoxy) is 1. The van der Waals surface area contributed by atoms with E-state index in [0.717, 1.165) is 11.3 Å². The number of nitrogens with two attached hydrogens (primary N) is 1. The molecule has 1 aromatic heterocycles. The van der Waals surface area contributed by atoms with E-state index in [0.29, 0.717) is 16.0 Å². The summed E-state index contributed by atoms with van der Waals surface area (Å²) < 4.78 is 5.01. The van der Waals surface area contributed by atoms with E-state index in [1.807, 2.05) is 0 Å². The molecule has 2 aromatic rings. The molecule has 1 heterocycles. The first-order chi connectivity index (χ1) is 9.86. The van der Waals surface area contributed by atoms with Crippen LogP contribution < -0.4 is 10.5 Å². The van der Waals surface area contributed by atoms with Crippen LogP contribution in [0.25, 0.3) is 10.4 Å². The Kier molecular flexibility index (Phi) is 3.81. The van der Waals surface area contributed by atoms with Crippen molar-refractivity contribution in [3.05, 3.63) is 38.8 Å². The monoisotopic (exact) mass is 308 g/mol. The van der Waals surface area contributed by atoms with Crippen LogP contribution in [0.1, 0.15) is 15.2 Å². The minimum absolute atomic E-state index is 0.0554. The third kappa shape index (κ3) is 2.52. The Morgan fingerprint density at radius 3 is 2.62 bits per heavy atom. The number of carboxylic acid groups (broad SMARTS) is 1. The van der Waals surface area contributed by atoms with Crippen molar-refractivity contribution in [2.24, 2.45) is 0 Å². The van der Waals surface area contributed by atoms with Crippen molar-refractivity contribution in [3.63, 3.8) is 0 Å². The van der Waals surface area contributed by atoms with Crippen LogP contribution in [-0.4, -0.2) is 23.1 Å². The quantitative estimate of drug-likeness (QED) is 0.662. The van der Waals surface area contributed by atoms with Gasteiger partial charge in [0.05, 0.1) is 17.7 Å². The molecule has 21 heavy (non-hydrogen) atoms. The number of hydrogen-bond donors (Lipinski definition) is 2. The average Bonchev–Trinajstić information content (AvgIpc) is 2.74. The minimum atomic E-state index is -1.10. The van der Waals surface area contributed by atoms with Crippen LogP contribution in [0.15, 0.2) is 18.2 Å². The summed E-state index contributed by atoms with van der Waals surface area (Å²) >= 11 is 1.03. The third-order valence-corrected chi connectivity index (χ3v) is 4.37. The number of nitro benzene ring substituents is 1. The Labute approximate surface area is 123 Å². The zero-order chi connectivity index (χ0) is 15.7. The van der Waals surface area contributed by atoms with Gasteiger partial charge in [-0.1, -0.05) is 0 Å². The first-order valence-electron chi connectivity index (χ1n) is 5.81. The Balaban J connectivity index is 2.60. The number of nitro groups is 1. The standard InChI is InChI=1S/C13H12N2O5S/c1-6-10(14)12(13(16)17)21-11(6)7-3-4-8(15(18)19)9(5-7)20-2/h3-5H,14H2,1-2H3,(H,16,17). The highest BCUT2D eigenvalue weighted by molar-refractivity contribution is 7.18. The lowest BCUT2D eigenvalue weighted by atomic mass is 10.1. The predicted octanol–water partition coefficient (Wildman–Crippen LogP) is 2.92. The molecule has 0 unspecified atom stereocenters. The van der Waals surface area contributed by atoms with Crippen molar-refractivity contribution in [2.45, 2.75) is 6.92 Å². The molecule has 7 nitrogen and oxygen atoms in total. The Morgan fingerprint density at radius 2 is 2.14 bits per heavy atom. The molecule has 110 valence electrons. The van der Waals surface area contributed by atoms with Gasteiger partial charge in [-0.15, -0.1) is 11.3 Å². The highest BCUT2D eigenvalue weighted by atomic mass is 32.1. The number of carboxylic acids is 1. The van der Waals surface area contributed by atoms with Gasteiger partial charge in [-0.2, -0.15) is 0 Å². The maximum absolute atomic E-state index is 11.1. The minimum Gasteiger partial charge on any atom is -0.490 e. The first kappa shape index (κ1) is 14.8. The number of nitrogens with zero attached hydrogens (tertiary/aromatic N) is 1. The van der Waals surface area contributed by atoms with Crippen molar-refractivity contribution in [1.82, 2.24) is 0 Å². The molecule has 0 atom stereocenters. The second-order valence-electron chi connectivity index (χ2n) is 4.25. The van der Waals surface area contributed by atoms with Gasteiger partial charge < -0.3 is 15.6 Å². The third-order valence-electron chi connectivity index (χ3n) is 3.03. The van der Waals surface area contributed by atoms with Gasteiger partial charge in [0.1, 0.15) is 4.88 Å². The van der Waals surface area contributed by atoms with Crippen LogP contribution in [0.2, 0.25) is 0 Å². The number of thiophene rings is 1. The number of aromatic carboxylic acids is 1. The van der Waals surface area contributed by atoms with E-state index in [2.05, 4.69) is 0 Å². The van der Waals surface area contributed by atoms with E-state index in [9.17, 15) is 14.9 Å². The van der Waals surface area contributed by atoms with E-state index in [4.69, 9.17) is 15.6 Å². The molecule has 0 amide bonds. The van der Waals surface area contributed by atoms with Crippen molar-refractivity contribution in [2.75, 3.05) is 12.8 Å². The molecule has 2 rings (SSSR count). The molecule has 0 radical (unpaired) electrons. The Hall–Kier alpha value is -2.61. The first-order valence-corrected chi connectivity index (χ1v) is 6.63. The van der Waals surface area contributed by atoms with Gasteiger partial charge in [-0.05, 0) is 30.2 Å². The SMILES string of the molecule is COc1cc(-c2sc(C(=O)O)c(N)c2C)ccc1[N+](=O)[O-]. The normalized spacial score (nSPS) is 10.4. The van der Waals surface area contributed by atoms with E-state index >= 15 is 0 Å². The summed E-state index contributed by atoms with van der Waals surface area (Å²) in [7, 11) is 1.34. The fourth-order valence-electron chi connectivity index (χ4n) is 1.93. The number of rotatable bonds is 4. The summed E-state index contributed by atoms with van der Waals surface area (Å²) in [5.74, 6) is -0.985. The van der Waals surface area contributed by atoms with E-state index in [1.165, 1.54) is 19.2 Å². The Bertz CT molecular complexity index is 738. The molecular formula is C13H12N2O5S. The van der Waals surface area contributed by atoms with Crippen LogP contribution in [0, 0.1) is 17.0 Å². The average molecular weight is 308 g/mol. The number of benzene rings is 1. The van der Waals surface area contributed by atoms with Gasteiger partial charge in [0, 0.05) is 10.9 Å². The van der Waals surface area contributed by atoms with Gasteiger partial charge in [0.15, 0.2) is 5.75 Å². The van der Waals surface area contributed by atoms with Gasteiger partial charge in [-0.25, -0.2) is 4.79 Å². The fourth-order valence-corrected chi connectivity index (χ4v) is 2.99. The topological polar surface area (TPSA) is 116 Å². The molecule has 0 aliphatic rings. The highest BCUT2D eigenvalue weighted by Gasteiger charge is 2.21. The second kappa shape index (κ2) is 5.41. The predicted molar refractivity (Wildman–Crippen MR) is 79.1 cm³/mol. The van der Waals surface area contributed by atoms with Crippen LogP contribution in [0.5, 0.6) is 5.75 Å². The number of methoxy groups -OCH3 is 1. The highest BCUT2D eigenvalue weighted by Crippen LogP contribution is 2.40. The molecule has 0 saturated carbocycles. The maximum atomic E-state index is 11.1. The lowest BCUT2D eigenvalue weighted by Gasteiger charge is -2.05. The van der Waals surface area contributed by atoms with E-state index in [1.54, 1.807) is 13.0 Å². The lowest BCUT2D eigenvalue weighted by Crippen LogP contribution is -1.97. The van der Waals surface area contributed by atoms with Crippen molar-refractivity contribution in [3.8, 4) is 16.2 Å². The van der Waals surface area contributed by atoms with Crippen LogP contribution >= 0.6 is 11.3 Å². The van der Waals surface area contributed by atoms with Crippen molar-refractivity contribution in [1.29, 1.82) is 0 Å². The zero-order valence-electron chi connectivity index (χ0n) is 11.2. The molecule has 3 N–H and O–H groups in total. The van der Waals surface area contributed by atoms with Gasteiger partial charge in [-0.3, -0.25) is 10.1 Å². The molecule has 0 aliphatic heterocycles. The summed E-state index contributed by atoms with van der Waals surface area (Å²) in [5, 5.41) is 20.0. The summed E-state index contributed by atoms with van der Waals surface area (Å²) in [6.07, 6.45) is 0. The number of anilines is 1. The smallest absolute Gasteiger partial charge is 0.348 e. The maximum Gasteiger partial charge on any atom is 0.348 e. The Morgan fingerprint density at radius 1 is 1.48 bits per heavy atom. The van der Waals surface area contributed by atoms with Crippen LogP contribution in [0.3, 0.4) is 0 Å². The van der Waals surface area contributed by atoms with Gasteiger partial charge >= 0.3 is 11.7 Å². The van der Waals surface area contributed by atoms with Gasteiger partial charge in [0.25, 0.3) is 0 Å². The number of nitrogen functional groups attached to an aromatic ring is 1. The summed E-state index contributed by atoms with van der Waals surface area (Å²) in [5.41, 5.74) is 7.09. The van der Waals surface area contributed by atoms with Crippen LogP contribution in [-0.2, 0) is 0 Å². The van der Waals surface area contributed by atoms with E-state index < -0.39 is 10.9 Å². The molecule has 0 fully saturated rings. The second-order valence-corrected chi connectivity index (χ2v) is 5.27. The molecule has 8 heteroatoms. The summed E-state index contributed by atoms with van der Waals surface area (Å²) in [6.45, 7) is 1.71. The number of carbonyl (C=O) groups is 1. The van der Waals surface area contributed by atoms with Gasteiger partial charge in [0.2, 0.25) is 0 Å². The molecular weight excluding hydrogens is 296 g/mol. The van der Waals surface area contributed by atoms with Crippen LogP contribution in [0.4, 0.5) is 11.4 Å². The summed E-state index contributed by atoms with van der Waals surface area (Å²) in [6, 6.07) is 4.37. The lowest BCUT2D eigenvalue weighted by molar-refractivity contribution is -0.385. The fraction of sp³-hybridized carbons (Fsp3) is 0.154. The summed E-state index contributed by atoms with van der Waals surface area (Å²) in [4.78, 5) is 22.1. The van der Waals surface area contributed by atoms with E-state index in [-0.39, 0.29) is 22.0 Å². The molecule has 0 aliphatic carbocycles. The largest absolute Gasteiger partial charge is 0.490 e. The zero-order valence-corrected chi connectivity index (χ0v) is 12.1. The molecule has 0 bridgehead atoms. The molecule has 1 aromatic carbocycles. The number of hydrogen-bond acceptors (Lipinski definition) is 6. The molecule has 0 saturated heterocycles. The van der Waals surface area contributed by atoms with Crippen molar-refractivity contribution < 1.29 is 19.6 Å². The molecule has 0 spiro atoms.